The number of hydrogen-bond acceptors (Lipinski definition) is 7. The number of hydrogen-bond donors (Lipinski definition) is 0. The molecule has 2 fully saturated rings. The highest BCUT2D eigenvalue weighted by molar-refractivity contribution is 6.02. The molecule has 4 aromatic heterocycles. The van der Waals surface area contributed by atoms with Crippen molar-refractivity contribution in [3.63, 3.8) is 0 Å². The first-order chi connectivity index (χ1) is 17.6. The van der Waals surface area contributed by atoms with Crippen LogP contribution in [0.1, 0.15) is 38.0 Å². The van der Waals surface area contributed by atoms with Crippen molar-refractivity contribution in [1.29, 1.82) is 0 Å². The first kappa shape index (κ1) is 23.0. The Morgan fingerprint density at radius 2 is 2.00 bits per heavy atom. The van der Waals surface area contributed by atoms with Crippen LogP contribution in [0.3, 0.4) is 0 Å². The molecule has 2 aliphatic heterocycles. The second-order valence-electron chi connectivity index (χ2n) is 9.50. The number of anilines is 1. The number of aryl methyl sites for hydroxylation is 1. The van der Waals surface area contributed by atoms with E-state index < -0.39 is 5.82 Å². The third-order valence-electron chi connectivity index (χ3n) is 7.09. The van der Waals surface area contributed by atoms with E-state index in [2.05, 4.69) is 26.9 Å². The smallest absolute Gasteiger partial charge is 0.151 e. The van der Waals surface area contributed by atoms with E-state index in [0.717, 1.165) is 47.5 Å². The average Bonchev–Trinajstić information content (AvgIpc) is 3.39. The molecule has 2 aliphatic rings. The standard InChI is InChI=1S/C27H29FN6O2/c1-17-14-29-8-6-19(17)20-13-23(33-10-12-35-16-18(33)2)32-27-25(20)21(28)15-30-26(27)22-7-9-31-34(22)24-5-3-4-11-36-24/h6-9,13-15,18,24H,3-5,10-12,16H2,1-2H3/t18-,24?/m1/s1. The summed E-state index contributed by atoms with van der Waals surface area (Å²) in [5.41, 5.74) is 4.52. The highest BCUT2D eigenvalue weighted by Gasteiger charge is 2.27. The van der Waals surface area contributed by atoms with Gasteiger partial charge in [-0.1, -0.05) is 0 Å². The molecule has 0 aromatic carbocycles. The molecule has 9 heteroatoms. The van der Waals surface area contributed by atoms with Gasteiger partial charge in [-0.2, -0.15) is 5.10 Å². The van der Waals surface area contributed by atoms with Crippen molar-refractivity contribution in [2.45, 2.75) is 45.4 Å². The molecule has 36 heavy (non-hydrogen) atoms. The SMILES string of the molecule is Cc1cnccc1-c1cc(N2CCOC[C@H]2C)nc2c(-c3ccnn3C3CCCCO3)ncc(F)c12. The number of halogens is 1. The van der Waals surface area contributed by atoms with Crippen LogP contribution in [-0.4, -0.2) is 57.1 Å². The Bertz CT molecular complexity index is 1400. The molecule has 0 radical (unpaired) electrons. The van der Waals surface area contributed by atoms with Gasteiger partial charge in [0.25, 0.3) is 0 Å². The molecule has 0 spiro atoms. The van der Waals surface area contributed by atoms with Gasteiger partial charge in [-0.05, 0) is 68.0 Å². The molecule has 186 valence electrons. The predicted molar refractivity (Wildman–Crippen MR) is 135 cm³/mol. The molecule has 6 rings (SSSR count). The van der Waals surface area contributed by atoms with Crippen molar-refractivity contribution in [1.82, 2.24) is 24.7 Å². The number of aromatic nitrogens is 5. The zero-order valence-electron chi connectivity index (χ0n) is 20.5. The molecule has 0 N–H and O–H groups in total. The average molecular weight is 489 g/mol. The Hall–Kier alpha value is -3.43. The highest BCUT2D eigenvalue weighted by atomic mass is 19.1. The molecule has 0 bridgehead atoms. The Kier molecular flexibility index (Phi) is 6.10. The Morgan fingerprint density at radius 3 is 2.81 bits per heavy atom. The minimum absolute atomic E-state index is 0.140. The minimum Gasteiger partial charge on any atom is -0.377 e. The van der Waals surface area contributed by atoms with Crippen LogP contribution in [0.15, 0.2) is 43.0 Å². The molecule has 0 aliphatic carbocycles. The van der Waals surface area contributed by atoms with Gasteiger partial charge in [0.05, 0.1) is 31.1 Å². The van der Waals surface area contributed by atoms with Crippen LogP contribution in [0.2, 0.25) is 0 Å². The molecule has 0 saturated carbocycles. The van der Waals surface area contributed by atoms with Crippen LogP contribution < -0.4 is 4.90 Å². The van der Waals surface area contributed by atoms with Crippen molar-refractivity contribution >= 4 is 16.7 Å². The van der Waals surface area contributed by atoms with E-state index in [-0.39, 0.29) is 12.3 Å². The van der Waals surface area contributed by atoms with Crippen LogP contribution in [-0.2, 0) is 9.47 Å². The maximum absolute atomic E-state index is 15.6. The maximum Gasteiger partial charge on any atom is 0.151 e. The summed E-state index contributed by atoms with van der Waals surface area (Å²) in [6.45, 7) is 6.74. The van der Waals surface area contributed by atoms with Crippen LogP contribution in [0, 0.1) is 12.7 Å². The van der Waals surface area contributed by atoms with E-state index in [1.165, 1.54) is 6.20 Å². The molecule has 1 unspecified atom stereocenters. The second-order valence-corrected chi connectivity index (χ2v) is 9.50. The summed E-state index contributed by atoms with van der Waals surface area (Å²) in [5, 5.41) is 5.00. The van der Waals surface area contributed by atoms with Crippen molar-refractivity contribution in [3.8, 4) is 22.5 Å². The quantitative estimate of drug-likeness (QED) is 0.403. The normalized spacial score (nSPS) is 20.7. The van der Waals surface area contributed by atoms with Gasteiger partial charge >= 0.3 is 0 Å². The zero-order chi connectivity index (χ0) is 24.6. The number of morpholine rings is 1. The fraction of sp³-hybridized carbons (Fsp3) is 0.407. The summed E-state index contributed by atoms with van der Waals surface area (Å²) in [7, 11) is 0. The first-order valence-corrected chi connectivity index (χ1v) is 12.5. The van der Waals surface area contributed by atoms with E-state index >= 15 is 4.39 Å². The summed E-state index contributed by atoms with van der Waals surface area (Å²) in [5.74, 6) is 0.368. The fourth-order valence-corrected chi connectivity index (χ4v) is 5.23. The zero-order valence-corrected chi connectivity index (χ0v) is 20.5. The summed E-state index contributed by atoms with van der Waals surface area (Å²) >= 11 is 0. The molecule has 8 nitrogen and oxygen atoms in total. The van der Waals surface area contributed by atoms with E-state index in [9.17, 15) is 0 Å². The number of ether oxygens (including phenoxy) is 2. The van der Waals surface area contributed by atoms with Gasteiger partial charge in [-0.3, -0.25) is 4.98 Å². The largest absolute Gasteiger partial charge is 0.377 e. The molecular formula is C27H29FN6O2. The van der Waals surface area contributed by atoms with Gasteiger partial charge in [-0.25, -0.2) is 19.0 Å². The summed E-state index contributed by atoms with van der Waals surface area (Å²) in [4.78, 5) is 16.1. The van der Waals surface area contributed by atoms with Gasteiger partial charge in [0.1, 0.15) is 17.0 Å². The number of rotatable bonds is 4. The topological polar surface area (TPSA) is 78.2 Å². The van der Waals surface area contributed by atoms with Crippen molar-refractivity contribution in [3.05, 3.63) is 54.4 Å². The minimum atomic E-state index is -0.408. The lowest BCUT2D eigenvalue weighted by Crippen LogP contribution is -2.44. The molecule has 6 heterocycles. The van der Waals surface area contributed by atoms with E-state index in [0.29, 0.717) is 43.0 Å². The van der Waals surface area contributed by atoms with Crippen LogP contribution in [0.4, 0.5) is 10.2 Å². The van der Waals surface area contributed by atoms with Gasteiger partial charge in [0.2, 0.25) is 0 Å². The predicted octanol–water partition coefficient (Wildman–Crippen LogP) is 4.93. The highest BCUT2D eigenvalue weighted by Crippen LogP contribution is 2.39. The third kappa shape index (κ3) is 4.02. The Balaban J connectivity index is 1.61. The van der Waals surface area contributed by atoms with Crippen LogP contribution >= 0.6 is 0 Å². The lowest BCUT2D eigenvalue weighted by atomic mass is 9.97. The molecule has 2 atom stereocenters. The molecule has 0 amide bonds. The lowest BCUT2D eigenvalue weighted by Gasteiger charge is -2.34. The molecular weight excluding hydrogens is 459 g/mol. The van der Waals surface area contributed by atoms with Crippen LogP contribution in [0.25, 0.3) is 33.4 Å². The Labute approximate surface area is 209 Å². The first-order valence-electron chi connectivity index (χ1n) is 12.5. The van der Waals surface area contributed by atoms with Gasteiger partial charge in [0.15, 0.2) is 12.0 Å². The molecule has 4 aromatic rings. The monoisotopic (exact) mass is 488 g/mol. The lowest BCUT2D eigenvalue weighted by molar-refractivity contribution is -0.0383. The number of nitrogens with zero attached hydrogens (tertiary/aromatic N) is 6. The summed E-state index contributed by atoms with van der Waals surface area (Å²) in [6.07, 6.45) is 9.39. The van der Waals surface area contributed by atoms with Gasteiger partial charge < -0.3 is 14.4 Å². The maximum atomic E-state index is 15.6. The van der Waals surface area contributed by atoms with Gasteiger partial charge in [0, 0.05) is 37.1 Å². The van der Waals surface area contributed by atoms with Crippen molar-refractivity contribution in [2.75, 3.05) is 31.3 Å². The van der Waals surface area contributed by atoms with Gasteiger partial charge in [-0.15, -0.1) is 0 Å². The van der Waals surface area contributed by atoms with Crippen LogP contribution in [0.5, 0.6) is 0 Å². The van der Waals surface area contributed by atoms with Crippen molar-refractivity contribution < 1.29 is 13.9 Å². The van der Waals surface area contributed by atoms with E-state index in [4.69, 9.17) is 14.5 Å². The van der Waals surface area contributed by atoms with Crippen molar-refractivity contribution in [2.24, 2.45) is 0 Å². The van der Waals surface area contributed by atoms with E-state index in [1.54, 1.807) is 18.6 Å². The second kappa shape index (κ2) is 9.55. The summed E-state index contributed by atoms with van der Waals surface area (Å²) < 4.78 is 29.1. The number of pyridine rings is 3. The Morgan fingerprint density at radius 1 is 1.08 bits per heavy atom. The molecule has 2 saturated heterocycles. The summed E-state index contributed by atoms with van der Waals surface area (Å²) in [6, 6.07) is 5.96. The number of fused-ring (bicyclic) bond motifs is 1. The third-order valence-corrected chi connectivity index (χ3v) is 7.09. The van der Waals surface area contributed by atoms with E-state index in [1.807, 2.05) is 29.8 Å². The fourth-order valence-electron chi connectivity index (χ4n) is 5.23.